The molecule has 0 spiro atoms. The average Bonchev–Trinajstić information content (AvgIpc) is 2.46. The highest BCUT2D eigenvalue weighted by Crippen LogP contribution is 2.29. The molecule has 0 saturated carbocycles. The highest BCUT2D eigenvalue weighted by molar-refractivity contribution is 5.84. The molecule has 0 aliphatic carbocycles. The molecular formula is C19H33N3O. The summed E-state index contributed by atoms with van der Waals surface area (Å²) in [5.74, 6) is 0.0395. The summed E-state index contributed by atoms with van der Waals surface area (Å²) < 4.78 is 0. The second-order valence-electron chi connectivity index (χ2n) is 7.87. The first kappa shape index (κ1) is 19.5. The largest absolute Gasteiger partial charge is 0.388 e. The number of hydrogen-bond acceptors (Lipinski definition) is 3. The lowest BCUT2D eigenvalue weighted by Gasteiger charge is -2.36. The minimum atomic E-state index is -0.317. The summed E-state index contributed by atoms with van der Waals surface area (Å²) in [6.45, 7) is 12.7. The molecule has 2 unspecified atom stereocenters. The summed E-state index contributed by atoms with van der Waals surface area (Å²) in [6, 6.07) is 8.05. The van der Waals surface area contributed by atoms with E-state index in [-0.39, 0.29) is 28.8 Å². The van der Waals surface area contributed by atoms with Gasteiger partial charge in [0.1, 0.15) is 0 Å². The normalized spacial score (nSPS) is 15.0. The maximum Gasteiger partial charge on any atom is 0.238 e. The van der Waals surface area contributed by atoms with Crippen LogP contribution in [-0.4, -0.2) is 32.1 Å². The van der Waals surface area contributed by atoms with E-state index in [1.807, 2.05) is 26.2 Å². The molecule has 1 amide bonds. The van der Waals surface area contributed by atoms with E-state index in [9.17, 15) is 4.79 Å². The first-order chi connectivity index (χ1) is 10.5. The van der Waals surface area contributed by atoms with Gasteiger partial charge >= 0.3 is 0 Å². The van der Waals surface area contributed by atoms with Crippen LogP contribution < -0.4 is 16.0 Å². The molecule has 0 aliphatic rings. The molecule has 0 bridgehead atoms. The van der Waals surface area contributed by atoms with Gasteiger partial charge in [-0.25, -0.2) is 0 Å². The van der Waals surface area contributed by atoms with Crippen molar-refractivity contribution in [3.05, 3.63) is 29.8 Å². The lowest BCUT2D eigenvalue weighted by molar-refractivity contribution is -0.125. The molecule has 1 aromatic rings. The van der Waals surface area contributed by atoms with Crippen LogP contribution in [0.2, 0.25) is 0 Å². The first-order valence-corrected chi connectivity index (χ1v) is 8.30. The van der Waals surface area contributed by atoms with Crippen LogP contribution in [0.5, 0.6) is 0 Å². The van der Waals surface area contributed by atoms with E-state index in [1.165, 1.54) is 0 Å². The fourth-order valence-corrected chi connectivity index (χ4v) is 2.57. The van der Waals surface area contributed by atoms with Crippen LogP contribution in [0.4, 0.5) is 5.69 Å². The third kappa shape index (κ3) is 4.71. The van der Waals surface area contributed by atoms with Gasteiger partial charge < -0.3 is 16.0 Å². The SMILES string of the molecule is CNc1ccc(C(C)(C)C(NC)C(=O)NC(C)C(C)(C)C)cc1. The van der Waals surface area contributed by atoms with E-state index in [2.05, 4.69) is 69.6 Å². The molecule has 0 saturated heterocycles. The monoisotopic (exact) mass is 319 g/mol. The number of anilines is 1. The molecule has 2 atom stereocenters. The number of hydrogen-bond donors (Lipinski definition) is 3. The molecule has 0 heterocycles. The predicted molar refractivity (Wildman–Crippen MR) is 98.9 cm³/mol. The molecule has 0 fully saturated rings. The second kappa shape index (κ2) is 7.35. The van der Waals surface area contributed by atoms with Gasteiger partial charge in [-0.2, -0.15) is 0 Å². The first-order valence-electron chi connectivity index (χ1n) is 8.30. The maximum absolute atomic E-state index is 12.8. The molecule has 1 aromatic carbocycles. The minimum absolute atomic E-state index is 0.0343. The third-order valence-corrected chi connectivity index (χ3v) is 4.85. The van der Waals surface area contributed by atoms with Gasteiger partial charge in [0.2, 0.25) is 5.91 Å². The Hall–Kier alpha value is -1.55. The van der Waals surface area contributed by atoms with Gasteiger partial charge in [-0.05, 0) is 37.1 Å². The van der Waals surface area contributed by atoms with E-state index in [4.69, 9.17) is 0 Å². The summed E-state index contributed by atoms with van der Waals surface area (Å²) in [6.07, 6.45) is 0. The van der Waals surface area contributed by atoms with Crippen molar-refractivity contribution in [3.8, 4) is 0 Å². The van der Waals surface area contributed by atoms with Crippen molar-refractivity contribution < 1.29 is 4.79 Å². The second-order valence-corrected chi connectivity index (χ2v) is 7.87. The Morgan fingerprint density at radius 1 is 1.00 bits per heavy atom. The summed E-state index contributed by atoms with van der Waals surface area (Å²) in [5.41, 5.74) is 1.92. The van der Waals surface area contributed by atoms with Crippen molar-refractivity contribution in [2.75, 3.05) is 19.4 Å². The Bertz CT molecular complexity index is 514. The smallest absolute Gasteiger partial charge is 0.238 e. The Morgan fingerprint density at radius 2 is 1.52 bits per heavy atom. The molecule has 1 rings (SSSR count). The minimum Gasteiger partial charge on any atom is -0.388 e. The van der Waals surface area contributed by atoms with Gasteiger partial charge in [-0.3, -0.25) is 4.79 Å². The topological polar surface area (TPSA) is 53.2 Å². The van der Waals surface area contributed by atoms with Crippen molar-refractivity contribution in [1.29, 1.82) is 0 Å². The number of likely N-dealkylation sites (N-methyl/N-ethyl adjacent to an activating group) is 1. The third-order valence-electron chi connectivity index (χ3n) is 4.85. The number of amides is 1. The Labute approximate surface area is 141 Å². The summed E-state index contributed by atoms with van der Waals surface area (Å²) in [5, 5.41) is 9.47. The van der Waals surface area contributed by atoms with Crippen LogP contribution in [0.1, 0.15) is 47.1 Å². The number of nitrogens with one attached hydrogen (secondary N) is 3. The van der Waals surface area contributed by atoms with E-state index >= 15 is 0 Å². The zero-order valence-corrected chi connectivity index (χ0v) is 15.9. The van der Waals surface area contributed by atoms with Gasteiger partial charge in [-0.15, -0.1) is 0 Å². The van der Waals surface area contributed by atoms with E-state index in [1.54, 1.807) is 0 Å². The van der Waals surface area contributed by atoms with Crippen molar-refractivity contribution in [3.63, 3.8) is 0 Å². The number of benzene rings is 1. The van der Waals surface area contributed by atoms with Crippen LogP contribution in [0.25, 0.3) is 0 Å². The Morgan fingerprint density at radius 3 is 1.91 bits per heavy atom. The van der Waals surface area contributed by atoms with Gasteiger partial charge in [0.25, 0.3) is 0 Å². The van der Waals surface area contributed by atoms with Gasteiger partial charge in [0, 0.05) is 24.2 Å². The molecule has 23 heavy (non-hydrogen) atoms. The Balaban J connectivity index is 2.99. The summed E-state index contributed by atoms with van der Waals surface area (Å²) in [4.78, 5) is 12.8. The van der Waals surface area contributed by atoms with Crippen LogP contribution in [0.15, 0.2) is 24.3 Å². The highest BCUT2D eigenvalue weighted by atomic mass is 16.2. The summed E-state index contributed by atoms with van der Waals surface area (Å²) >= 11 is 0. The van der Waals surface area contributed by atoms with Gasteiger partial charge in [0.05, 0.1) is 6.04 Å². The molecule has 4 nitrogen and oxygen atoms in total. The number of carbonyl (C=O) groups excluding carboxylic acids is 1. The van der Waals surface area contributed by atoms with Crippen LogP contribution in [-0.2, 0) is 10.2 Å². The van der Waals surface area contributed by atoms with Crippen molar-refractivity contribution >= 4 is 11.6 Å². The predicted octanol–water partition coefficient (Wildman–Crippen LogP) is 3.14. The zero-order chi connectivity index (χ0) is 17.8. The number of rotatable bonds is 6. The van der Waals surface area contributed by atoms with E-state index in [0.29, 0.717) is 0 Å². The lowest BCUT2D eigenvalue weighted by atomic mass is 9.77. The van der Waals surface area contributed by atoms with Crippen LogP contribution >= 0.6 is 0 Å². The summed E-state index contributed by atoms with van der Waals surface area (Å²) in [7, 11) is 3.74. The molecular weight excluding hydrogens is 286 g/mol. The van der Waals surface area contributed by atoms with E-state index < -0.39 is 0 Å². The molecule has 130 valence electrons. The highest BCUT2D eigenvalue weighted by Gasteiger charge is 2.37. The zero-order valence-electron chi connectivity index (χ0n) is 15.9. The fraction of sp³-hybridized carbons (Fsp3) is 0.632. The standard InChI is InChI=1S/C19H33N3O/c1-13(18(2,3)4)22-17(23)16(21-8)19(5,6)14-9-11-15(20-7)12-10-14/h9-13,16,20-21H,1-8H3,(H,22,23). The van der Waals surface area contributed by atoms with Gasteiger partial charge in [-0.1, -0.05) is 46.8 Å². The number of carbonyl (C=O) groups is 1. The van der Waals surface area contributed by atoms with Gasteiger partial charge in [0.15, 0.2) is 0 Å². The fourth-order valence-electron chi connectivity index (χ4n) is 2.57. The van der Waals surface area contributed by atoms with E-state index in [0.717, 1.165) is 11.3 Å². The van der Waals surface area contributed by atoms with Crippen LogP contribution in [0, 0.1) is 5.41 Å². The average molecular weight is 319 g/mol. The molecule has 0 aromatic heterocycles. The molecule has 4 heteroatoms. The van der Waals surface area contributed by atoms with Crippen molar-refractivity contribution in [2.24, 2.45) is 5.41 Å². The molecule has 0 radical (unpaired) electrons. The maximum atomic E-state index is 12.8. The molecule has 0 aliphatic heterocycles. The van der Waals surface area contributed by atoms with Crippen molar-refractivity contribution in [1.82, 2.24) is 10.6 Å². The molecule has 3 N–H and O–H groups in total. The Kier molecular flexibility index (Phi) is 6.23. The lowest BCUT2D eigenvalue weighted by Crippen LogP contribution is -2.56. The van der Waals surface area contributed by atoms with Crippen molar-refractivity contribution in [2.45, 2.75) is 59.0 Å². The quantitative estimate of drug-likeness (QED) is 0.755. The van der Waals surface area contributed by atoms with Crippen LogP contribution in [0.3, 0.4) is 0 Å².